The van der Waals surface area contributed by atoms with E-state index in [4.69, 9.17) is 9.47 Å². The highest BCUT2D eigenvalue weighted by atomic mass is 32.2. The zero-order chi connectivity index (χ0) is 14.9. The molecule has 1 aromatic rings. The van der Waals surface area contributed by atoms with Gasteiger partial charge in [-0.1, -0.05) is 19.9 Å². The van der Waals surface area contributed by atoms with Crippen molar-refractivity contribution >= 4 is 11.8 Å². The van der Waals surface area contributed by atoms with Crippen LogP contribution in [0.5, 0.6) is 11.5 Å². The molecule has 1 N–H and O–H groups in total. The topological polar surface area (TPSA) is 30.5 Å². The molecule has 3 rings (SSSR count). The van der Waals surface area contributed by atoms with Crippen LogP contribution in [0.1, 0.15) is 44.7 Å². The van der Waals surface area contributed by atoms with Crippen molar-refractivity contribution < 1.29 is 9.47 Å². The van der Waals surface area contributed by atoms with Crippen LogP contribution in [0.3, 0.4) is 0 Å². The van der Waals surface area contributed by atoms with E-state index in [1.807, 2.05) is 23.9 Å². The number of fused-ring (bicyclic) bond motifs is 1. The molecule has 0 amide bonds. The molecule has 21 heavy (non-hydrogen) atoms. The summed E-state index contributed by atoms with van der Waals surface area (Å²) >= 11 is 2.03. The third-order valence-electron chi connectivity index (χ3n) is 4.43. The van der Waals surface area contributed by atoms with Crippen molar-refractivity contribution in [2.75, 3.05) is 19.4 Å². The molecule has 0 aliphatic carbocycles. The first-order valence-electron chi connectivity index (χ1n) is 7.88. The van der Waals surface area contributed by atoms with Gasteiger partial charge in [0.2, 0.25) is 0 Å². The lowest BCUT2D eigenvalue weighted by Gasteiger charge is -2.40. The summed E-state index contributed by atoms with van der Waals surface area (Å²) in [5, 5.41) is 4.39. The average Bonchev–Trinajstić information content (AvgIpc) is 2.84. The van der Waals surface area contributed by atoms with Crippen LogP contribution in [0.2, 0.25) is 0 Å². The van der Waals surface area contributed by atoms with E-state index in [9.17, 15) is 0 Å². The number of ether oxygens (including phenoxy) is 2. The fourth-order valence-corrected chi connectivity index (χ4v) is 4.73. The van der Waals surface area contributed by atoms with Gasteiger partial charge in [-0.2, -0.15) is 11.8 Å². The standard InChI is InChI=1S/C17H25NO2S/c1-4-7-18-15-10-17(9-12(2)21-11-17)20-16-8-13(19-3)5-6-14(15)16/h5-6,8,12,15,18H,4,7,9-11H2,1-3H3. The smallest absolute Gasteiger partial charge is 0.128 e. The van der Waals surface area contributed by atoms with E-state index in [0.29, 0.717) is 11.3 Å². The summed E-state index contributed by atoms with van der Waals surface area (Å²) in [6.45, 7) is 5.57. The number of nitrogens with one attached hydrogen (secondary N) is 1. The molecule has 2 aliphatic rings. The van der Waals surface area contributed by atoms with Gasteiger partial charge in [0.05, 0.1) is 7.11 Å². The molecule has 0 bridgehead atoms. The van der Waals surface area contributed by atoms with E-state index in [2.05, 4.69) is 25.2 Å². The lowest BCUT2D eigenvalue weighted by Crippen LogP contribution is -2.44. The molecule has 3 unspecified atom stereocenters. The molecule has 0 aromatic heterocycles. The number of hydrogen-bond donors (Lipinski definition) is 1. The van der Waals surface area contributed by atoms with Crippen LogP contribution in [-0.2, 0) is 0 Å². The maximum absolute atomic E-state index is 6.46. The van der Waals surface area contributed by atoms with E-state index in [1.54, 1.807) is 7.11 Å². The number of thioether (sulfide) groups is 1. The van der Waals surface area contributed by atoms with Gasteiger partial charge in [0, 0.05) is 35.1 Å². The second-order valence-corrected chi connectivity index (χ2v) is 7.65. The summed E-state index contributed by atoms with van der Waals surface area (Å²) in [6, 6.07) is 6.63. The zero-order valence-electron chi connectivity index (χ0n) is 13.1. The second kappa shape index (κ2) is 6.09. The van der Waals surface area contributed by atoms with Crippen molar-refractivity contribution in [1.29, 1.82) is 0 Å². The summed E-state index contributed by atoms with van der Waals surface area (Å²) in [4.78, 5) is 0. The Morgan fingerprint density at radius 1 is 1.43 bits per heavy atom. The lowest BCUT2D eigenvalue weighted by molar-refractivity contribution is 0.0511. The van der Waals surface area contributed by atoms with Crippen molar-refractivity contribution in [1.82, 2.24) is 5.32 Å². The van der Waals surface area contributed by atoms with Gasteiger partial charge in [-0.25, -0.2) is 0 Å². The molecule has 3 nitrogen and oxygen atoms in total. The largest absolute Gasteiger partial charge is 0.497 e. The molecule has 1 aromatic carbocycles. The maximum atomic E-state index is 6.46. The fourth-order valence-electron chi connectivity index (χ4n) is 3.42. The first-order valence-corrected chi connectivity index (χ1v) is 8.92. The summed E-state index contributed by atoms with van der Waals surface area (Å²) < 4.78 is 11.8. The molecular weight excluding hydrogens is 282 g/mol. The van der Waals surface area contributed by atoms with Crippen molar-refractivity contribution in [2.24, 2.45) is 0 Å². The molecule has 3 atom stereocenters. The Labute approximate surface area is 131 Å². The maximum Gasteiger partial charge on any atom is 0.128 e. The summed E-state index contributed by atoms with van der Waals surface area (Å²) in [7, 11) is 1.71. The van der Waals surface area contributed by atoms with Crippen LogP contribution < -0.4 is 14.8 Å². The quantitative estimate of drug-likeness (QED) is 0.917. The van der Waals surface area contributed by atoms with Gasteiger partial charge in [-0.3, -0.25) is 0 Å². The highest BCUT2D eigenvalue weighted by Gasteiger charge is 2.45. The van der Waals surface area contributed by atoms with Crippen LogP contribution in [-0.4, -0.2) is 30.3 Å². The third kappa shape index (κ3) is 3.02. The average molecular weight is 307 g/mol. The van der Waals surface area contributed by atoms with E-state index >= 15 is 0 Å². The van der Waals surface area contributed by atoms with Crippen LogP contribution in [0.25, 0.3) is 0 Å². The normalized spacial score (nSPS) is 31.0. The number of hydrogen-bond acceptors (Lipinski definition) is 4. The Hall–Kier alpha value is -0.870. The second-order valence-electron chi connectivity index (χ2n) is 6.23. The van der Waals surface area contributed by atoms with E-state index in [0.717, 1.165) is 43.1 Å². The van der Waals surface area contributed by atoms with Crippen molar-refractivity contribution in [3.05, 3.63) is 23.8 Å². The molecular formula is C17H25NO2S. The molecule has 1 spiro atoms. The molecule has 4 heteroatoms. The van der Waals surface area contributed by atoms with Crippen molar-refractivity contribution in [3.63, 3.8) is 0 Å². The van der Waals surface area contributed by atoms with Gasteiger partial charge in [-0.05, 0) is 25.5 Å². The van der Waals surface area contributed by atoms with Crippen LogP contribution in [0.15, 0.2) is 18.2 Å². The zero-order valence-corrected chi connectivity index (χ0v) is 14.0. The summed E-state index contributed by atoms with van der Waals surface area (Å²) in [6.07, 6.45) is 3.36. The Balaban J connectivity index is 1.91. The van der Waals surface area contributed by atoms with E-state index in [-0.39, 0.29) is 5.60 Å². The first-order chi connectivity index (χ1) is 10.2. The van der Waals surface area contributed by atoms with Gasteiger partial charge in [0.1, 0.15) is 17.1 Å². The Bertz CT molecular complexity index is 508. The molecule has 1 saturated heterocycles. The molecule has 0 saturated carbocycles. The van der Waals surface area contributed by atoms with Crippen molar-refractivity contribution in [3.8, 4) is 11.5 Å². The Morgan fingerprint density at radius 3 is 2.95 bits per heavy atom. The number of methoxy groups -OCH3 is 1. The minimum atomic E-state index is -0.00510. The van der Waals surface area contributed by atoms with Crippen LogP contribution in [0.4, 0.5) is 0 Å². The van der Waals surface area contributed by atoms with Crippen LogP contribution >= 0.6 is 11.8 Å². The molecule has 2 heterocycles. The number of benzene rings is 1. The molecule has 0 radical (unpaired) electrons. The Morgan fingerprint density at radius 2 is 2.29 bits per heavy atom. The van der Waals surface area contributed by atoms with Gasteiger partial charge >= 0.3 is 0 Å². The number of rotatable bonds is 4. The monoisotopic (exact) mass is 307 g/mol. The van der Waals surface area contributed by atoms with E-state index < -0.39 is 0 Å². The molecule has 1 fully saturated rings. The van der Waals surface area contributed by atoms with Crippen LogP contribution in [0, 0.1) is 0 Å². The lowest BCUT2D eigenvalue weighted by atomic mass is 9.85. The fraction of sp³-hybridized carbons (Fsp3) is 0.647. The highest BCUT2D eigenvalue weighted by Crippen LogP contribution is 2.48. The highest BCUT2D eigenvalue weighted by molar-refractivity contribution is 8.00. The summed E-state index contributed by atoms with van der Waals surface area (Å²) in [5.74, 6) is 2.97. The van der Waals surface area contributed by atoms with Gasteiger partial charge < -0.3 is 14.8 Å². The first kappa shape index (κ1) is 15.0. The summed E-state index contributed by atoms with van der Waals surface area (Å²) in [5.41, 5.74) is 1.27. The SMILES string of the molecule is CCCNC1CC2(CSC(C)C2)Oc2cc(OC)ccc21. The third-order valence-corrected chi connectivity index (χ3v) is 5.86. The molecule has 2 aliphatic heterocycles. The minimum absolute atomic E-state index is 0.00510. The predicted octanol–water partition coefficient (Wildman–Crippen LogP) is 3.78. The minimum Gasteiger partial charge on any atom is -0.497 e. The van der Waals surface area contributed by atoms with Crippen molar-refractivity contribution in [2.45, 2.75) is 50.0 Å². The predicted molar refractivity (Wildman–Crippen MR) is 88.5 cm³/mol. The van der Waals surface area contributed by atoms with Gasteiger partial charge in [0.15, 0.2) is 0 Å². The molecule has 116 valence electrons. The van der Waals surface area contributed by atoms with Gasteiger partial charge in [0.25, 0.3) is 0 Å². The van der Waals surface area contributed by atoms with E-state index in [1.165, 1.54) is 5.56 Å². The van der Waals surface area contributed by atoms with Gasteiger partial charge in [-0.15, -0.1) is 0 Å². The Kier molecular flexibility index (Phi) is 4.36.